The minimum absolute atomic E-state index is 0. The number of phosphoric acid groups is 1. The molecule has 0 aliphatic rings. The third kappa shape index (κ3) is 10.9. The Morgan fingerprint density at radius 1 is 1.71 bits per heavy atom. The van der Waals surface area contributed by atoms with E-state index < -0.39 is 7.82 Å². The summed E-state index contributed by atoms with van der Waals surface area (Å²) in [5.74, 6) is 0. The molecule has 0 aromatic carbocycles. The van der Waals surface area contributed by atoms with E-state index in [1.807, 2.05) is 0 Å². The van der Waals surface area contributed by atoms with E-state index in [2.05, 4.69) is 4.73 Å². The summed E-state index contributed by atoms with van der Waals surface area (Å²) >= 11 is 0. The van der Waals surface area contributed by atoms with Crippen molar-refractivity contribution in [3.05, 3.63) is 0 Å². The molecule has 0 aromatic heterocycles. The summed E-state index contributed by atoms with van der Waals surface area (Å²) in [5.41, 5.74) is 0. The quantitative estimate of drug-likeness (QED) is 0.394. The minimum atomic E-state index is -4.81. The molecule has 7 heavy (non-hydrogen) atoms. The van der Waals surface area contributed by atoms with Gasteiger partial charge in [-0.2, -0.15) is 0 Å². The number of hydrogen-bond acceptors (Lipinski definition) is 2. The molecule has 0 radical (unpaired) electrons. The van der Waals surface area contributed by atoms with Gasteiger partial charge in [-0.15, -0.1) is 0 Å². The predicted octanol–water partition coefficient (Wildman–Crippen LogP) is -0.176. The molecule has 0 aromatic rings. The number of rotatable bonds is 1. The van der Waals surface area contributed by atoms with Crippen molar-refractivity contribution in [1.29, 1.82) is 0 Å². The predicted molar refractivity (Wildman–Crippen MR) is 22.2 cm³/mol. The van der Waals surface area contributed by atoms with Gasteiger partial charge in [0.15, 0.2) is 0 Å². The van der Waals surface area contributed by atoms with Gasteiger partial charge in [-0.05, 0) is 4.53 Å². The Labute approximate surface area is 57.9 Å². The fourth-order valence-corrected chi connectivity index (χ4v) is 0. The summed E-state index contributed by atoms with van der Waals surface area (Å²) in [6, 6.07) is 0. The largest absolute Gasteiger partial charge is 2.00 e. The average molecular weight is 142 g/mol. The van der Waals surface area contributed by atoms with E-state index in [1.54, 1.807) is 0 Å². The first kappa shape index (κ1) is 10.7. The molecule has 0 aliphatic heterocycles. The average Bonchev–Trinajstić information content (AvgIpc) is 1.35. The Bertz CT molecular complexity index is 82.6. The van der Waals surface area contributed by atoms with E-state index in [4.69, 9.17) is 14.4 Å². The summed E-state index contributed by atoms with van der Waals surface area (Å²) < 4.78 is 21.4. The third-order valence-electron chi connectivity index (χ3n) is 0.0899. The van der Waals surface area contributed by atoms with Crippen molar-refractivity contribution in [3.8, 4) is 0 Å². The van der Waals surface area contributed by atoms with Crippen molar-refractivity contribution in [1.82, 2.24) is 0 Å². The number of halogens is 1. The summed E-state index contributed by atoms with van der Waals surface area (Å²) in [4.78, 5) is 14.7. The molecule has 0 fully saturated rings. The molecule has 0 saturated carbocycles. The zero-order valence-corrected chi connectivity index (χ0v) is 5.55. The molecular formula is H4FMgO4P. The van der Waals surface area contributed by atoms with Crippen molar-refractivity contribution in [2.45, 2.75) is 0 Å². The Kier molecular flexibility index (Phi) is 5.77. The van der Waals surface area contributed by atoms with Gasteiger partial charge in [0.2, 0.25) is 0 Å². The van der Waals surface area contributed by atoms with Crippen LogP contribution in [0, 0.1) is 0 Å². The molecule has 0 rings (SSSR count). The summed E-state index contributed by atoms with van der Waals surface area (Å²) in [6.07, 6.45) is 0. The van der Waals surface area contributed by atoms with E-state index in [-0.39, 0.29) is 25.9 Å². The summed E-state index contributed by atoms with van der Waals surface area (Å²) in [5, 5.41) is 0. The molecule has 4 nitrogen and oxygen atoms in total. The molecule has 0 atom stereocenters. The van der Waals surface area contributed by atoms with E-state index in [0.29, 0.717) is 0 Å². The molecule has 0 aliphatic carbocycles. The maximum Gasteiger partial charge on any atom is 2.00 e. The smallest absolute Gasteiger partial charge is 1.00 e. The molecule has 0 amide bonds. The van der Waals surface area contributed by atoms with Crippen LogP contribution in [0.15, 0.2) is 0 Å². The van der Waals surface area contributed by atoms with Gasteiger partial charge in [0.1, 0.15) is 0 Å². The van der Waals surface area contributed by atoms with Crippen LogP contribution >= 0.6 is 7.82 Å². The van der Waals surface area contributed by atoms with E-state index in [1.165, 1.54) is 0 Å². The molecular weight excluding hydrogens is 138 g/mol. The van der Waals surface area contributed by atoms with Gasteiger partial charge < -0.3 is 12.6 Å². The first-order chi connectivity index (χ1) is 2.56. The van der Waals surface area contributed by atoms with Crippen molar-refractivity contribution in [2.75, 3.05) is 0 Å². The van der Waals surface area contributed by atoms with Gasteiger partial charge in [-0.1, -0.05) is 4.73 Å². The van der Waals surface area contributed by atoms with E-state index in [0.717, 1.165) is 0 Å². The van der Waals surface area contributed by atoms with Crippen LogP contribution in [0.4, 0.5) is 4.53 Å². The first-order valence-corrected chi connectivity index (χ1v) is 2.45. The molecule has 0 spiro atoms. The van der Waals surface area contributed by atoms with Crippen molar-refractivity contribution in [2.24, 2.45) is 0 Å². The van der Waals surface area contributed by atoms with Gasteiger partial charge >= 0.3 is 30.9 Å². The van der Waals surface area contributed by atoms with Gasteiger partial charge in [-0.25, -0.2) is 4.57 Å². The normalized spacial score (nSPS) is 10.1. The van der Waals surface area contributed by atoms with Gasteiger partial charge in [0.25, 0.3) is 0 Å². The third-order valence-corrected chi connectivity index (χ3v) is 0.270. The fraction of sp³-hybridized carbons (Fsp3) is 0. The van der Waals surface area contributed by atoms with Crippen LogP contribution in [0.1, 0.15) is 2.85 Å². The van der Waals surface area contributed by atoms with Crippen LogP contribution in [0.25, 0.3) is 0 Å². The van der Waals surface area contributed by atoms with E-state index >= 15 is 0 Å². The van der Waals surface area contributed by atoms with Gasteiger partial charge in [-0.3, -0.25) is 0 Å². The molecule has 7 heteroatoms. The fourth-order valence-electron chi connectivity index (χ4n) is 0. The molecule has 0 bridgehead atoms. The van der Waals surface area contributed by atoms with Crippen LogP contribution < -0.4 is 0 Å². The second-order valence-electron chi connectivity index (χ2n) is 0.560. The van der Waals surface area contributed by atoms with Gasteiger partial charge in [0, 0.05) is 0 Å². The molecule has 0 unspecified atom stereocenters. The molecule has 2 N–H and O–H groups in total. The summed E-state index contributed by atoms with van der Waals surface area (Å²) in [7, 11) is -4.81. The second-order valence-corrected chi connectivity index (χ2v) is 1.68. The first-order valence-electron chi connectivity index (χ1n) is 0.919. The minimum Gasteiger partial charge on any atom is -1.00 e. The van der Waals surface area contributed by atoms with Crippen molar-refractivity contribution < 1.29 is 26.5 Å². The topological polar surface area (TPSA) is 66.8 Å². The van der Waals surface area contributed by atoms with Crippen molar-refractivity contribution >= 4 is 30.9 Å². The van der Waals surface area contributed by atoms with Crippen LogP contribution in [-0.2, 0) is 9.29 Å². The van der Waals surface area contributed by atoms with Crippen LogP contribution in [0.3, 0.4) is 0 Å². The van der Waals surface area contributed by atoms with Gasteiger partial charge in [0.05, 0.1) is 0 Å². The molecule has 42 valence electrons. The standard InChI is InChI=1S/FH2O4P.Mg.2H/c1-5-6(2,3)4;;;/h(H2,2,3,4);;;/q;+2;2*-1. The van der Waals surface area contributed by atoms with Crippen LogP contribution in [0.2, 0.25) is 0 Å². The maximum absolute atomic E-state index is 10.2. The number of hydrogen-bond donors (Lipinski definition) is 2. The zero-order chi connectivity index (χ0) is 5.21. The second kappa shape index (κ2) is 3.77. The van der Waals surface area contributed by atoms with E-state index in [9.17, 15) is 4.53 Å². The monoisotopic (exact) mass is 142 g/mol. The Hall–Kier alpha value is 0.806. The van der Waals surface area contributed by atoms with Crippen LogP contribution in [0.5, 0.6) is 0 Å². The maximum atomic E-state index is 10.2. The summed E-state index contributed by atoms with van der Waals surface area (Å²) in [6.45, 7) is 0. The molecule has 0 saturated heterocycles. The van der Waals surface area contributed by atoms with Crippen LogP contribution in [-0.4, -0.2) is 32.8 Å². The Morgan fingerprint density at radius 3 is 1.86 bits per heavy atom. The molecule has 0 heterocycles. The van der Waals surface area contributed by atoms with Crippen molar-refractivity contribution in [3.63, 3.8) is 0 Å². The Balaban J connectivity index is -0.0000000417. The zero-order valence-electron chi connectivity index (χ0n) is 5.24. The Morgan fingerprint density at radius 2 is 1.86 bits per heavy atom. The SMILES string of the molecule is O=P(O)(O)OF.[H-].[H-].[Mg+2].